The minimum atomic E-state index is -0.317. The lowest BCUT2D eigenvalue weighted by molar-refractivity contribution is 0.102. The van der Waals surface area contributed by atoms with Gasteiger partial charge in [-0.2, -0.15) is 5.26 Å². The molecule has 94 valence electrons. The Morgan fingerprint density at radius 2 is 1.89 bits per heavy atom. The zero-order chi connectivity index (χ0) is 13.8. The molecule has 2 rings (SSSR count). The van der Waals surface area contributed by atoms with Gasteiger partial charge in [-0.05, 0) is 49.2 Å². The van der Waals surface area contributed by atoms with Gasteiger partial charge in [0.15, 0.2) is 0 Å². The molecule has 1 N–H and O–H groups in total. The predicted octanol–water partition coefficient (Wildman–Crippen LogP) is 2.82. The molecule has 0 spiro atoms. The van der Waals surface area contributed by atoms with E-state index in [1.807, 2.05) is 38.1 Å². The van der Waals surface area contributed by atoms with Crippen molar-refractivity contribution in [3.05, 3.63) is 58.9 Å². The summed E-state index contributed by atoms with van der Waals surface area (Å²) < 4.78 is 0. The first kappa shape index (κ1) is 12.8. The van der Waals surface area contributed by atoms with Crippen molar-refractivity contribution in [1.82, 2.24) is 4.98 Å². The number of nitrogens with one attached hydrogen (secondary N) is 1. The van der Waals surface area contributed by atoms with Gasteiger partial charge in [-0.3, -0.25) is 4.79 Å². The van der Waals surface area contributed by atoms with Crippen molar-refractivity contribution in [2.75, 3.05) is 5.32 Å². The highest BCUT2D eigenvalue weighted by Gasteiger charge is 2.08. The summed E-state index contributed by atoms with van der Waals surface area (Å²) in [5, 5.41) is 11.5. The highest BCUT2D eigenvalue weighted by Crippen LogP contribution is 2.14. The van der Waals surface area contributed by atoms with Crippen molar-refractivity contribution in [2.45, 2.75) is 13.8 Å². The Kier molecular flexibility index (Phi) is 3.58. The van der Waals surface area contributed by atoms with Gasteiger partial charge < -0.3 is 5.32 Å². The maximum absolute atomic E-state index is 12.0. The molecule has 1 aromatic carbocycles. The van der Waals surface area contributed by atoms with Crippen LogP contribution in [-0.4, -0.2) is 10.9 Å². The number of aromatic nitrogens is 1. The van der Waals surface area contributed by atoms with Crippen molar-refractivity contribution >= 4 is 11.6 Å². The standard InChI is InChI=1S/C15H13N3O/c1-10-6-11(2)8-13(7-10)18-15(19)14-5-3-4-12(9-16)17-14/h3-8H,1-2H3,(H,18,19). The number of pyridine rings is 1. The third-order valence-corrected chi connectivity index (χ3v) is 2.58. The van der Waals surface area contributed by atoms with E-state index in [0.29, 0.717) is 0 Å². The van der Waals surface area contributed by atoms with Crippen LogP contribution in [0.5, 0.6) is 0 Å². The Hall–Kier alpha value is -2.67. The second-order valence-electron chi connectivity index (χ2n) is 4.35. The van der Waals surface area contributed by atoms with Gasteiger partial charge in [0.2, 0.25) is 0 Å². The molecule has 0 aliphatic rings. The minimum absolute atomic E-state index is 0.230. The van der Waals surface area contributed by atoms with Crippen molar-refractivity contribution in [3.8, 4) is 6.07 Å². The molecule has 4 nitrogen and oxygen atoms in total. The first-order chi connectivity index (χ1) is 9.08. The lowest BCUT2D eigenvalue weighted by Crippen LogP contribution is -2.14. The van der Waals surface area contributed by atoms with Gasteiger partial charge in [-0.25, -0.2) is 4.98 Å². The average molecular weight is 251 g/mol. The number of rotatable bonds is 2. The van der Waals surface area contributed by atoms with E-state index < -0.39 is 0 Å². The number of nitriles is 1. The second-order valence-corrected chi connectivity index (χ2v) is 4.35. The maximum atomic E-state index is 12.0. The molecule has 0 aliphatic carbocycles. The average Bonchev–Trinajstić information content (AvgIpc) is 2.37. The minimum Gasteiger partial charge on any atom is -0.321 e. The van der Waals surface area contributed by atoms with Crippen molar-refractivity contribution in [3.63, 3.8) is 0 Å². The van der Waals surface area contributed by atoms with Gasteiger partial charge in [-0.15, -0.1) is 0 Å². The largest absolute Gasteiger partial charge is 0.321 e. The van der Waals surface area contributed by atoms with E-state index in [1.54, 1.807) is 18.2 Å². The molecule has 0 fully saturated rings. The number of carbonyl (C=O) groups excluding carboxylic acids is 1. The molecule has 0 unspecified atom stereocenters. The van der Waals surface area contributed by atoms with Gasteiger partial charge in [0.1, 0.15) is 17.5 Å². The van der Waals surface area contributed by atoms with E-state index in [4.69, 9.17) is 5.26 Å². The fourth-order valence-electron chi connectivity index (χ4n) is 1.87. The smallest absolute Gasteiger partial charge is 0.274 e. The second kappa shape index (κ2) is 5.32. The SMILES string of the molecule is Cc1cc(C)cc(NC(=O)c2cccc(C#N)n2)c1. The number of amides is 1. The number of nitrogens with zero attached hydrogens (tertiary/aromatic N) is 2. The fourth-order valence-corrected chi connectivity index (χ4v) is 1.87. The lowest BCUT2D eigenvalue weighted by Gasteiger charge is -2.07. The maximum Gasteiger partial charge on any atom is 0.274 e. The first-order valence-electron chi connectivity index (χ1n) is 5.85. The van der Waals surface area contributed by atoms with E-state index in [-0.39, 0.29) is 17.3 Å². The summed E-state index contributed by atoms with van der Waals surface area (Å²) >= 11 is 0. The molecule has 0 radical (unpaired) electrons. The summed E-state index contributed by atoms with van der Waals surface area (Å²) in [6.07, 6.45) is 0. The molecular weight excluding hydrogens is 238 g/mol. The van der Waals surface area contributed by atoms with E-state index in [2.05, 4.69) is 10.3 Å². The normalized spacial score (nSPS) is 9.74. The Bertz CT molecular complexity index is 651. The fraction of sp³-hybridized carbons (Fsp3) is 0.133. The number of hydrogen-bond acceptors (Lipinski definition) is 3. The molecule has 19 heavy (non-hydrogen) atoms. The van der Waals surface area contributed by atoms with Crippen LogP contribution in [0.1, 0.15) is 27.3 Å². The van der Waals surface area contributed by atoms with E-state index in [9.17, 15) is 4.79 Å². The number of benzene rings is 1. The Balaban J connectivity index is 2.23. The van der Waals surface area contributed by atoms with E-state index in [1.165, 1.54) is 0 Å². The van der Waals surface area contributed by atoms with Gasteiger partial charge in [0, 0.05) is 5.69 Å². The summed E-state index contributed by atoms with van der Waals surface area (Å²) in [6.45, 7) is 3.94. The summed E-state index contributed by atoms with van der Waals surface area (Å²) in [5.41, 5.74) is 3.35. The van der Waals surface area contributed by atoms with Crippen molar-refractivity contribution in [1.29, 1.82) is 5.26 Å². The van der Waals surface area contributed by atoms with Crippen LogP contribution < -0.4 is 5.32 Å². The Labute approximate surface area is 111 Å². The Morgan fingerprint density at radius 3 is 2.53 bits per heavy atom. The molecule has 0 aliphatic heterocycles. The van der Waals surface area contributed by atoms with Gasteiger partial charge in [0.05, 0.1) is 0 Å². The summed E-state index contributed by atoms with van der Waals surface area (Å²) in [7, 11) is 0. The van der Waals surface area contributed by atoms with Crippen LogP contribution in [0.2, 0.25) is 0 Å². The lowest BCUT2D eigenvalue weighted by atomic mass is 10.1. The van der Waals surface area contributed by atoms with Gasteiger partial charge >= 0.3 is 0 Å². The highest BCUT2D eigenvalue weighted by molar-refractivity contribution is 6.03. The highest BCUT2D eigenvalue weighted by atomic mass is 16.1. The van der Waals surface area contributed by atoms with Crippen LogP contribution >= 0.6 is 0 Å². The monoisotopic (exact) mass is 251 g/mol. The predicted molar refractivity (Wildman–Crippen MR) is 72.8 cm³/mol. The van der Waals surface area contributed by atoms with Crippen molar-refractivity contribution in [2.24, 2.45) is 0 Å². The molecule has 1 heterocycles. The number of anilines is 1. The third kappa shape index (κ3) is 3.17. The Morgan fingerprint density at radius 1 is 1.21 bits per heavy atom. The number of carbonyl (C=O) groups is 1. The third-order valence-electron chi connectivity index (χ3n) is 2.58. The summed E-state index contributed by atoms with van der Waals surface area (Å²) in [5.74, 6) is -0.317. The van der Waals surface area contributed by atoms with E-state index >= 15 is 0 Å². The zero-order valence-electron chi connectivity index (χ0n) is 10.8. The number of hydrogen-bond donors (Lipinski definition) is 1. The quantitative estimate of drug-likeness (QED) is 0.892. The first-order valence-corrected chi connectivity index (χ1v) is 5.85. The molecule has 0 bridgehead atoms. The molecular formula is C15H13N3O. The summed E-state index contributed by atoms with van der Waals surface area (Å²) in [6, 6.07) is 12.5. The van der Waals surface area contributed by atoms with Gasteiger partial charge in [0.25, 0.3) is 5.91 Å². The van der Waals surface area contributed by atoms with E-state index in [0.717, 1.165) is 16.8 Å². The van der Waals surface area contributed by atoms with Crippen LogP contribution in [0.4, 0.5) is 5.69 Å². The molecule has 0 saturated carbocycles. The van der Waals surface area contributed by atoms with Gasteiger partial charge in [-0.1, -0.05) is 12.1 Å². The molecule has 1 aromatic heterocycles. The number of aryl methyl sites for hydroxylation is 2. The zero-order valence-corrected chi connectivity index (χ0v) is 10.8. The summed E-state index contributed by atoms with van der Waals surface area (Å²) in [4.78, 5) is 16.0. The molecule has 2 aromatic rings. The molecule has 0 saturated heterocycles. The molecule has 0 atom stereocenters. The van der Waals surface area contributed by atoms with Crippen LogP contribution in [0.15, 0.2) is 36.4 Å². The molecule has 1 amide bonds. The van der Waals surface area contributed by atoms with Crippen LogP contribution in [0.25, 0.3) is 0 Å². The topological polar surface area (TPSA) is 65.8 Å². The van der Waals surface area contributed by atoms with Crippen LogP contribution in [0, 0.1) is 25.2 Å². The van der Waals surface area contributed by atoms with Crippen LogP contribution in [0.3, 0.4) is 0 Å². The van der Waals surface area contributed by atoms with Crippen LogP contribution in [-0.2, 0) is 0 Å². The van der Waals surface area contributed by atoms with Crippen molar-refractivity contribution < 1.29 is 4.79 Å². The molecule has 4 heteroatoms.